The van der Waals surface area contributed by atoms with Gasteiger partial charge in [0.25, 0.3) is 0 Å². The zero-order chi connectivity index (χ0) is 13.4. The molecule has 0 bridgehead atoms. The van der Waals surface area contributed by atoms with E-state index in [2.05, 4.69) is 0 Å². The van der Waals surface area contributed by atoms with E-state index < -0.39 is 11.9 Å². The number of hydrogen-bond donors (Lipinski definition) is 2. The van der Waals surface area contributed by atoms with Gasteiger partial charge in [-0.3, -0.25) is 0 Å². The largest absolute Gasteiger partial charge is 0.478 e. The van der Waals surface area contributed by atoms with Crippen LogP contribution in [0.3, 0.4) is 0 Å². The Kier molecular flexibility index (Phi) is 8.67. The molecule has 5 heteroatoms. The minimum absolute atomic E-state index is 0. The van der Waals surface area contributed by atoms with Crippen molar-refractivity contribution < 1.29 is 52.5 Å². The van der Waals surface area contributed by atoms with Crippen LogP contribution in [0.4, 0.5) is 0 Å². The van der Waals surface area contributed by atoms with E-state index in [1.54, 1.807) is 60.7 Å². The molecule has 0 aliphatic heterocycles. The van der Waals surface area contributed by atoms with Crippen molar-refractivity contribution in [3.8, 4) is 0 Å². The van der Waals surface area contributed by atoms with E-state index in [4.69, 9.17) is 10.2 Å². The summed E-state index contributed by atoms with van der Waals surface area (Å²) >= 11 is 0. The van der Waals surface area contributed by atoms with Crippen molar-refractivity contribution in [1.82, 2.24) is 0 Å². The Morgan fingerprint density at radius 1 is 0.632 bits per heavy atom. The van der Waals surface area contributed by atoms with Crippen LogP contribution in [0.2, 0.25) is 0 Å². The van der Waals surface area contributed by atoms with Gasteiger partial charge in [-0.1, -0.05) is 36.4 Å². The molecular formula is C14H12O4Y. The summed E-state index contributed by atoms with van der Waals surface area (Å²) in [5.41, 5.74) is 0.662. The predicted molar refractivity (Wildman–Crippen MR) is 66.8 cm³/mol. The summed E-state index contributed by atoms with van der Waals surface area (Å²) in [6.45, 7) is 0. The first-order valence-corrected chi connectivity index (χ1v) is 5.18. The van der Waals surface area contributed by atoms with Gasteiger partial charge in [0.15, 0.2) is 0 Å². The maximum Gasteiger partial charge on any atom is 0.335 e. The van der Waals surface area contributed by atoms with Crippen LogP contribution in [0.15, 0.2) is 60.7 Å². The monoisotopic (exact) mass is 333 g/mol. The zero-order valence-corrected chi connectivity index (χ0v) is 12.9. The molecular weight excluding hydrogens is 321 g/mol. The number of rotatable bonds is 2. The summed E-state index contributed by atoms with van der Waals surface area (Å²) < 4.78 is 0. The minimum atomic E-state index is -0.879. The Morgan fingerprint density at radius 3 is 1.05 bits per heavy atom. The first kappa shape index (κ1) is 17.5. The summed E-state index contributed by atoms with van der Waals surface area (Å²) in [4.78, 5) is 20.4. The Bertz CT molecular complexity index is 462. The van der Waals surface area contributed by atoms with Crippen LogP contribution in [-0.4, -0.2) is 22.2 Å². The van der Waals surface area contributed by atoms with E-state index in [0.717, 1.165) is 0 Å². The van der Waals surface area contributed by atoms with Gasteiger partial charge in [0.05, 0.1) is 11.1 Å². The van der Waals surface area contributed by atoms with Gasteiger partial charge in [0.2, 0.25) is 0 Å². The summed E-state index contributed by atoms with van der Waals surface area (Å²) in [7, 11) is 0. The summed E-state index contributed by atoms with van der Waals surface area (Å²) in [6, 6.07) is 16.6. The second-order valence-corrected chi connectivity index (χ2v) is 3.34. The van der Waals surface area contributed by atoms with Crippen molar-refractivity contribution in [2.75, 3.05) is 0 Å². The Hall–Kier alpha value is -1.52. The molecule has 0 spiro atoms. The molecule has 2 aromatic carbocycles. The number of carboxylic acids is 2. The fourth-order valence-electron chi connectivity index (χ4n) is 1.16. The molecule has 95 valence electrons. The maximum absolute atomic E-state index is 10.2. The summed E-state index contributed by atoms with van der Waals surface area (Å²) in [5.74, 6) is -1.76. The second kappa shape index (κ2) is 9.42. The van der Waals surface area contributed by atoms with E-state index in [1.807, 2.05) is 0 Å². The number of benzene rings is 2. The average Bonchev–Trinajstić information content (AvgIpc) is 2.41. The van der Waals surface area contributed by atoms with Crippen molar-refractivity contribution in [2.24, 2.45) is 0 Å². The van der Waals surface area contributed by atoms with Gasteiger partial charge in [-0.25, -0.2) is 9.59 Å². The summed E-state index contributed by atoms with van der Waals surface area (Å²) in [5, 5.41) is 16.8. The van der Waals surface area contributed by atoms with Crippen LogP contribution in [0, 0.1) is 0 Å². The molecule has 0 atom stereocenters. The second-order valence-electron chi connectivity index (χ2n) is 3.34. The van der Waals surface area contributed by atoms with E-state index in [-0.39, 0.29) is 32.7 Å². The SMILES string of the molecule is O=C(O)c1ccccc1.O=C(O)c1ccccc1.[Y]. The quantitative estimate of drug-likeness (QED) is 0.886. The normalized spacial score (nSPS) is 8.42. The molecule has 0 aliphatic rings. The third kappa shape index (κ3) is 6.84. The molecule has 2 aromatic rings. The zero-order valence-electron chi connectivity index (χ0n) is 10.1. The molecule has 2 N–H and O–H groups in total. The van der Waals surface area contributed by atoms with Crippen LogP contribution >= 0.6 is 0 Å². The number of carboxylic acid groups (broad SMARTS) is 2. The molecule has 19 heavy (non-hydrogen) atoms. The Morgan fingerprint density at radius 2 is 0.895 bits per heavy atom. The van der Waals surface area contributed by atoms with Crippen molar-refractivity contribution >= 4 is 11.9 Å². The van der Waals surface area contributed by atoms with Crippen molar-refractivity contribution in [2.45, 2.75) is 0 Å². The van der Waals surface area contributed by atoms with Crippen molar-refractivity contribution in [3.63, 3.8) is 0 Å². The summed E-state index contributed by atoms with van der Waals surface area (Å²) in [6.07, 6.45) is 0. The van der Waals surface area contributed by atoms with Gasteiger partial charge in [0.1, 0.15) is 0 Å². The fourth-order valence-corrected chi connectivity index (χ4v) is 1.16. The van der Waals surface area contributed by atoms with E-state index in [0.29, 0.717) is 11.1 Å². The Balaban J connectivity index is 0.000000324. The van der Waals surface area contributed by atoms with Gasteiger partial charge in [-0.15, -0.1) is 0 Å². The van der Waals surface area contributed by atoms with Crippen LogP contribution < -0.4 is 0 Å². The molecule has 0 amide bonds. The minimum Gasteiger partial charge on any atom is -0.478 e. The maximum atomic E-state index is 10.2. The van der Waals surface area contributed by atoms with Crippen molar-refractivity contribution in [1.29, 1.82) is 0 Å². The average molecular weight is 333 g/mol. The first-order valence-electron chi connectivity index (χ1n) is 5.18. The third-order valence-electron chi connectivity index (χ3n) is 2.04. The van der Waals surface area contributed by atoms with Gasteiger partial charge in [0, 0.05) is 32.7 Å². The van der Waals surface area contributed by atoms with Gasteiger partial charge in [-0.05, 0) is 24.3 Å². The number of carbonyl (C=O) groups is 2. The Labute approximate surface area is 136 Å². The molecule has 0 fully saturated rings. The van der Waals surface area contributed by atoms with Crippen LogP contribution in [0.5, 0.6) is 0 Å². The molecule has 0 aromatic heterocycles. The van der Waals surface area contributed by atoms with E-state index >= 15 is 0 Å². The molecule has 0 saturated heterocycles. The van der Waals surface area contributed by atoms with Crippen LogP contribution in [0.1, 0.15) is 20.7 Å². The number of aromatic carboxylic acids is 2. The fraction of sp³-hybridized carbons (Fsp3) is 0. The molecule has 4 nitrogen and oxygen atoms in total. The van der Waals surface area contributed by atoms with Gasteiger partial charge < -0.3 is 10.2 Å². The van der Waals surface area contributed by atoms with Crippen LogP contribution in [-0.2, 0) is 32.7 Å². The third-order valence-corrected chi connectivity index (χ3v) is 2.04. The predicted octanol–water partition coefficient (Wildman–Crippen LogP) is 2.77. The molecule has 0 aliphatic carbocycles. The topological polar surface area (TPSA) is 74.6 Å². The van der Waals surface area contributed by atoms with E-state index in [1.165, 1.54) is 0 Å². The first-order chi connectivity index (χ1) is 8.61. The van der Waals surface area contributed by atoms with Crippen molar-refractivity contribution in [3.05, 3.63) is 71.8 Å². The molecule has 0 saturated carbocycles. The molecule has 2 rings (SSSR count). The molecule has 1 radical (unpaired) electrons. The number of hydrogen-bond acceptors (Lipinski definition) is 2. The van der Waals surface area contributed by atoms with Crippen LogP contribution in [0.25, 0.3) is 0 Å². The van der Waals surface area contributed by atoms with E-state index in [9.17, 15) is 9.59 Å². The van der Waals surface area contributed by atoms with Gasteiger partial charge >= 0.3 is 11.9 Å². The smallest absolute Gasteiger partial charge is 0.335 e. The van der Waals surface area contributed by atoms with Gasteiger partial charge in [-0.2, -0.15) is 0 Å². The molecule has 0 heterocycles. The molecule has 0 unspecified atom stereocenters. The standard InChI is InChI=1S/2C7H6O2.Y/c2*8-7(9)6-4-2-1-3-5-6;/h2*1-5H,(H,8,9);.